The number of rotatable bonds is 4. The molecule has 0 saturated carbocycles. The molecule has 0 aliphatic heterocycles. The number of amides is 1. The molecule has 5 nitrogen and oxygen atoms in total. The molecule has 1 aromatic heterocycles. The fourth-order valence-corrected chi connectivity index (χ4v) is 1.37. The van der Waals surface area contributed by atoms with Crippen LogP contribution < -0.4 is 10.1 Å². The Morgan fingerprint density at radius 2 is 2.15 bits per heavy atom. The monoisotopic (exact) mass is 308 g/mol. The molecule has 0 fully saturated rings. The van der Waals surface area contributed by atoms with Crippen LogP contribution in [0.4, 0.5) is 13.6 Å². The van der Waals surface area contributed by atoms with Gasteiger partial charge in [-0.3, -0.25) is 4.98 Å². The van der Waals surface area contributed by atoms with E-state index in [2.05, 4.69) is 15.0 Å². The zero-order valence-corrected chi connectivity index (χ0v) is 12.0. The molecule has 1 heterocycles. The summed E-state index contributed by atoms with van der Waals surface area (Å²) in [6, 6.07) is 1.23. The van der Waals surface area contributed by atoms with Crippen LogP contribution >= 0.6 is 11.6 Å². The van der Waals surface area contributed by atoms with Crippen LogP contribution in [0.25, 0.3) is 0 Å². The van der Waals surface area contributed by atoms with E-state index in [9.17, 15) is 13.6 Å². The summed E-state index contributed by atoms with van der Waals surface area (Å²) in [4.78, 5) is 15.3. The smallest absolute Gasteiger partial charge is 0.407 e. The largest absolute Gasteiger partial charge is 0.444 e. The van der Waals surface area contributed by atoms with Crippen molar-refractivity contribution >= 4 is 17.7 Å². The Morgan fingerprint density at radius 3 is 2.70 bits per heavy atom. The Morgan fingerprint density at radius 1 is 1.50 bits per heavy atom. The Balaban J connectivity index is 2.62. The molecule has 1 rings (SSSR count). The van der Waals surface area contributed by atoms with Gasteiger partial charge >= 0.3 is 12.7 Å². The summed E-state index contributed by atoms with van der Waals surface area (Å²) in [5.41, 5.74) is -0.308. The van der Waals surface area contributed by atoms with E-state index in [1.807, 2.05) is 0 Å². The second-order valence-electron chi connectivity index (χ2n) is 4.84. The van der Waals surface area contributed by atoms with Crippen LogP contribution in [-0.2, 0) is 11.3 Å². The molecule has 0 aliphatic carbocycles. The van der Waals surface area contributed by atoms with Crippen LogP contribution in [0.2, 0.25) is 5.02 Å². The van der Waals surface area contributed by atoms with E-state index in [1.165, 1.54) is 12.3 Å². The summed E-state index contributed by atoms with van der Waals surface area (Å²) in [6.07, 6.45) is 0.538. The maximum Gasteiger partial charge on any atom is 0.407 e. The highest BCUT2D eigenvalue weighted by Gasteiger charge is 2.16. The van der Waals surface area contributed by atoms with Crippen LogP contribution in [-0.4, -0.2) is 23.3 Å². The minimum Gasteiger partial charge on any atom is -0.444 e. The number of pyridine rings is 1. The highest BCUT2D eigenvalue weighted by molar-refractivity contribution is 6.31. The fraction of sp³-hybridized carbons (Fsp3) is 0.500. The van der Waals surface area contributed by atoms with E-state index in [0.717, 1.165) is 0 Å². The molecular weight excluding hydrogens is 294 g/mol. The number of alkyl halides is 2. The van der Waals surface area contributed by atoms with Gasteiger partial charge in [-0.15, -0.1) is 0 Å². The lowest BCUT2D eigenvalue weighted by Crippen LogP contribution is -2.32. The molecule has 0 aliphatic rings. The van der Waals surface area contributed by atoms with E-state index in [0.29, 0.717) is 5.69 Å². The standard InChI is InChI=1S/C12H15ClF2N2O3/c1-12(2,3)20-11(18)17-5-7-4-9(19-10(14)15)8(13)6-16-7/h4,6,10H,5H2,1-3H3,(H,17,18). The van der Waals surface area contributed by atoms with Gasteiger partial charge < -0.3 is 14.8 Å². The number of hydrogen-bond donors (Lipinski definition) is 1. The Hall–Kier alpha value is -1.63. The Labute approximate surface area is 120 Å². The Bertz CT molecular complexity index is 478. The van der Waals surface area contributed by atoms with E-state index >= 15 is 0 Å². The van der Waals surface area contributed by atoms with Gasteiger partial charge in [0.05, 0.1) is 12.2 Å². The quantitative estimate of drug-likeness (QED) is 0.926. The molecule has 0 atom stereocenters. The Kier molecular flexibility index (Phi) is 5.50. The molecule has 20 heavy (non-hydrogen) atoms. The number of aromatic nitrogens is 1. The van der Waals surface area contributed by atoms with Crippen molar-refractivity contribution in [1.82, 2.24) is 10.3 Å². The second-order valence-corrected chi connectivity index (χ2v) is 5.25. The third-order valence-electron chi connectivity index (χ3n) is 1.91. The van der Waals surface area contributed by atoms with Crippen molar-refractivity contribution in [2.75, 3.05) is 0 Å². The SMILES string of the molecule is CC(C)(C)OC(=O)NCc1cc(OC(F)F)c(Cl)cn1. The molecular formula is C12H15ClF2N2O3. The van der Waals surface area contributed by atoms with Crippen molar-refractivity contribution in [3.8, 4) is 5.75 Å². The molecule has 1 aromatic rings. The van der Waals surface area contributed by atoms with E-state index in [1.54, 1.807) is 20.8 Å². The van der Waals surface area contributed by atoms with Crippen molar-refractivity contribution in [3.63, 3.8) is 0 Å². The number of ether oxygens (including phenoxy) is 2. The van der Waals surface area contributed by atoms with Gasteiger partial charge in [-0.1, -0.05) is 11.6 Å². The number of hydrogen-bond acceptors (Lipinski definition) is 4. The van der Waals surface area contributed by atoms with Gasteiger partial charge in [0.2, 0.25) is 0 Å². The minimum absolute atomic E-state index is 0.00564. The zero-order valence-electron chi connectivity index (χ0n) is 11.2. The van der Waals surface area contributed by atoms with Crippen molar-refractivity contribution in [1.29, 1.82) is 0 Å². The lowest BCUT2D eigenvalue weighted by Gasteiger charge is -2.19. The molecule has 1 N–H and O–H groups in total. The van der Waals surface area contributed by atoms with Gasteiger partial charge in [-0.05, 0) is 20.8 Å². The maximum absolute atomic E-state index is 12.1. The van der Waals surface area contributed by atoms with E-state index in [-0.39, 0.29) is 17.3 Å². The predicted octanol–water partition coefficient (Wildman–Crippen LogP) is 3.36. The highest BCUT2D eigenvalue weighted by Crippen LogP contribution is 2.25. The van der Waals surface area contributed by atoms with Gasteiger partial charge in [0.1, 0.15) is 16.4 Å². The third kappa shape index (κ3) is 6.01. The molecule has 0 radical (unpaired) electrons. The average Bonchev–Trinajstić information content (AvgIpc) is 2.27. The van der Waals surface area contributed by atoms with Crippen LogP contribution in [0.5, 0.6) is 5.75 Å². The van der Waals surface area contributed by atoms with Gasteiger partial charge in [0, 0.05) is 12.3 Å². The second kappa shape index (κ2) is 6.69. The first-order valence-electron chi connectivity index (χ1n) is 5.73. The topological polar surface area (TPSA) is 60.5 Å². The normalized spacial score (nSPS) is 11.3. The van der Waals surface area contributed by atoms with Gasteiger partial charge in [-0.2, -0.15) is 8.78 Å². The van der Waals surface area contributed by atoms with Gasteiger partial charge in [-0.25, -0.2) is 4.79 Å². The summed E-state index contributed by atoms with van der Waals surface area (Å²) < 4.78 is 33.5. The van der Waals surface area contributed by atoms with Crippen LogP contribution in [0.1, 0.15) is 26.5 Å². The predicted molar refractivity (Wildman–Crippen MR) is 69.0 cm³/mol. The molecule has 0 bridgehead atoms. The maximum atomic E-state index is 12.1. The van der Waals surface area contributed by atoms with Crippen molar-refractivity contribution in [2.45, 2.75) is 39.5 Å². The number of nitrogens with one attached hydrogen (secondary N) is 1. The molecule has 1 amide bonds. The van der Waals surface area contributed by atoms with Crippen molar-refractivity contribution in [2.24, 2.45) is 0 Å². The van der Waals surface area contributed by atoms with E-state index < -0.39 is 18.3 Å². The molecule has 0 unspecified atom stereocenters. The molecule has 8 heteroatoms. The number of alkyl carbamates (subject to hydrolysis) is 1. The molecule has 0 saturated heterocycles. The van der Waals surface area contributed by atoms with Crippen LogP contribution in [0.15, 0.2) is 12.3 Å². The number of carbonyl (C=O) groups is 1. The van der Waals surface area contributed by atoms with Gasteiger partial charge in [0.15, 0.2) is 0 Å². The summed E-state index contributed by atoms with van der Waals surface area (Å²) in [5.74, 6) is -0.197. The lowest BCUT2D eigenvalue weighted by molar-refractivity contribution is -0.0498. The number of nitrogens with zero attached hydrogens (tertiary/aromatic N) is 1. The minimum atomic E-state index is -2.98. The summed E-state index contributed by atoms with van der Waals surface area (Å²) in [6.45, 7) is 2.19. The van der Waals surface area contributed by atoms with Crippen LogP contribution in [0, 0.1) is 0 Å². The molecule has 0 spiro atoms. The van der Waals surface area contributed by atoms with Gasteiger partial charge in [0.25, 0.3) is 0 Å². The summed E-state index contributed by atoms with van der Waals surface area (Å²) in [7, 11) is 0. The number of halogens is 3. The van der Waals surface area contributed by atoms with Crippen molar-refractivity contribution < 1.29 is 23.0 Å². The molecule has 112 valence electrons. The average molecular weight is 309 g/mol. The first-order valence-corrected chi connectivity index (χ1v) is 6.11. The molecule has 0 aromatic carbocycles. The fourth-order valence-electron chi connectivity index (χ4n) is 1.22. The van der Waals surface area contributed by atoms with Crippen molar-refractivity contribution in [3.05, 3.63) is 23.0 Å². The summed E-state index contributed by atoms with van der Waals surface area (Å²) >= 11 is 5.66. The first kappa shape index (κ1) is 16.4. The zero-order chi connectivity index (χ0) is 15.3. The number of carbonyl (C=O) groups excluding carboxylic acids is 1. The van der Waals surface area contributed by atoms with E-state index in [4.69, 9.17) is 16.3 Å². The third-order valence-corrected chi connectivity index (χ3v) is 2.19. The first-order chi connectivity index (χ1) is 9.17. The lowest BCUT2D eigenvalue weighted by atomic mass is 10.2. The highest BCUT2D eigenvalue weighted by atomic mass is 35.5. The summed E-state index contributed by atoms with van der Waals surface area (Å²) in [5, 5.41) is 2.41. The van der Waals surface area contributed by atoms with Crippen LogP contribution in [0.3, 0.4) is 0 Å².